The van der Waals surface area contributed by atoms with Gasteiger partial charge in [-0.05, 0) is 51.8 Å². The molecule has 6 heteroatoms. The molecule has 0 spiro atoms. The second kappa shape index (κ2) is 9.26. The molecule has 0 bridgehead atoms. The topological polar surface area (TPSA) is 77.8 Å². The molecule has 1 aromatic carbocycles. The van der Waals surface area contributed by atoms with Crippen LogP contribution in [0.1, 0.15) is 40.5 Å². The van der Waals surface area contributed by atoms with Crippen molar-refractivity contribution < 1.29 is 19.4 Å². The number of allylic oxidation sites excluding steroid dienone is 3. The maximum Gasteiger partial charge on any atom is 0.308 e. The van der Waals surface area contributed by atoms with Crippen LogP contribution in [0.15, 0.2) is 46.3 Å². The van der Waals surface area contributed by atoms with E-state index in [9.17, 15) is 14.7 Å². The summed E-state index contributed by atoms with van der Waals surface area (Å²) in [6.07, 6.45) is 5.99. The van der Waals surface area contributed by atoms with Crippen molar-refractivity contribution in [1.29, 1.82) is 0 Å². The normalized spacial score (nSPS) is 11.4. The fraction of sp³-hybridized carbons (Fsp3) is 0.364. The third-order valence-corrected chi connectivity index (χ3v) is 4.29. The number of phenolic OH excluding ortho intramolecular Hbond substituents is 1. The van der Waals surface area contributed by atoms with Crippen LogP contribution in [0.4, 0.5) is 0 Å². The SMILES string of the molecule is CC(=O)Oc1c(OC/C=C(\C)CCC=C(C)C)c2ccc(O)cc2n(C)c1=O. The minimum atomic E-state index is -0.603. The van der Waals surface area contributed by atoms with Crippen molar-refractivity contribution in [3.8, 4) is 17.2 Å². The maximum atomic E-state index is 12.7. The van der Waals surface area contributed by atoms with Gasteiger partial charge in [0, 0.05) is 25.4 Å². The molecule has 0 atom stereocenters. The molecule has 0 radical (unpaired) electrons. The number of aromatic nitrogens is 1. The van der Waals surface area contributed by atoms with Crippen molar-refractivity contribution in [2.75, 3.05) is 6.61 Å². The molecule has 0 saturated heterocycles. The lowest BCUT2D eigenvalue weighted by atomic mass is 10.1. The van der Waals surface area contributed by atoms with Gasteiger partial charge in [-0.2, -0.15) is 0 Å². The molecule has 2 rings (SSSR count). The highest BCUT2D eigenvalue weighted by atomic mass is 16.6. The number of esters is 1. The van der Waals surface area contributed by atoms with Crippen molar-refractivity contribution in [3.05, 3.63) is 51.9 Å². The Morgan fingerprint density at radius 2 is 1.86 bits per heavy atom. The molecule has 6 nitrogen and oxygen atoms in total. The van der Waals surface area contributed by atoms with Gasteiger partial charge < -0.3 is 19.1 Å². The van der Waals surface area contributed by atoms with E-state index in [-0.39, 0.29) is 23.9 Å². The summed E-state index contributed by atoms with van der Waals surface area (Å²) < 4.78 is 12.3. The third-order valence-electron chi connectivity index (χ3n) is 4.29. The van der Waals surface area contributed by atoms with Crippen molar-refractivity contribution in [1.82, 2.24) is 4.57 Å². The number of fused-ring (bicyclic) bond motifs is 1. The highest BCUT2D eigenvalue weighted by Gasteiger charge is 2.20. The van der Waals surface area contributed by atoms with Gasteiger partial charge in [0.2, 0.25) is 5.75 Å². The molecule has 0 amide bonds. The molecular weight excluding hydrogens is 358 g/mol. The zero-order valence-corrected chi connectivity index (χ0v) is 17.0. The van der Waals surface area contributed by atoms with E-state index in [1.807, 2.05) is 13.0 Å². The summed E-state index contributed by atoms with van der Waals surface area (Å²) in [5.74, 6) is -0.525. The zero-order chi connectivity index (χ0) is 20.8. The summed E-state index contributed by atoms with van der Waals surface area (Å²) in [5, 5.41) is 10.3. The minimum absolute atomic E-state index is 0.0312. The predicted octanol–water partition coefficient (Wildman–Crippen LogP) is 4.24. The number of ether oxygens (including phenoxy) is 2. The second-order valence-electron chi connectivity index (χ2n) is 7.00. The summed E-state index contributed by atoms with van der Waals surface area (Å²) in [7, 11) is 1.55. The van der Waals surface area contributed by atoms with E-state index in [4.69, 9.17) is 9.47 Å². The molecule has 0 unspecified atom stereocenters. The van der Waals surface area contributed by atoms with Crippen LogP contribution in [0, 0.1) is 0 Å². The van der Waals surface area contributed by atoms with Crippen LogP contribution < -0.4 is 15.0 Å². The molecule has 0 aliphatic heterocycles. The van der Waals surface area contributed by atoms with Crippen molar-refractivity contribution in [2.24, 2.45) is 7.05 Å². The number of nitrogens with zero attached hydrogens (tertiary/aromatic N) is 1. The van der Waals surface area contributed by atoms with E-state index in [1.54, 1.807) is 13.1 Å². The Morgan fingerprint density at radius 3 is 2.50 bits per heavy atom. The lowest BCUT2D eigenvalue weighted by Gasteiger charge is -2.15. The molecule has 150 valence electrons. The number of aromatic hydroxyl groups is 1. The van der Waals surface area contributed by atoms with E-state index in [1.165, 1.54) is 29.2 Å². The highest BCUT2D eigenvalue weighted by molar-refractivity contribution is 5.89. The van der Waals surface area contributed by atoms with Crippen LogP contribution in [-0.2, 0) is 11.8 Å². The van der Waals surface area contributed by atoms with E-state index in [0.717, 1.165) is 18.4 Å². The Kier molecular flexibility index (Phi) is 7.04. The van der Waals surface area contributed by atoms with E-state index < -0.39 is 11.5 Å². The van der Waals surface area contributed by atoms with Gasteiger partial charge in [-0.1, -0.05) is 17.2 Å². The first-order chi connectivity index (χ1) is 13.2. The van der Waals surface area contributed by atoms with Gasteiger partial charge in [-0.15, -0.1) is 0 Å². The quantitative estimate of drug-likeness (QED) is 0.570. The van der Waals surface area contributed by atoms with Gasteiger partial charge in [0.15, 0.2) is 5.75 Å². The highest BCUT2D eigenvalue weighted by Crippen LogP contribution is 2.34. The molecule has 0 fully saturated rings. The average molecular weight is 385 g/mol. The first-order valence-corrected chi connectivity index (χ1v) is 9.16. The Labute approximate surface area is 164 Å². The second-order valence-corrected chi connectivity index (χ2v) is 7.00. The molecule has 2 aromatic rings. The minimum Gasteiger partial charge on any atom is -0.508 e. The fourth-order valence-electron chi connectivity index (χ4n) is 2.81. The number of aryl methyl sites for hydroxylation is 1. The lowest BCUT2D eigenvalue weighted by Crippen LogP contribution is -2.22. The predicted molar refractivity (Wildman–Crippen MR) is 110 cm³/mol. The van der Waals surface area contributed by atoms with Gasteiger partial charge >= 0.3 is 5.97 Å². The smallest absolute Gasteiger partial charge is 0.308 e. The van der Waals surface area contributed by atoms with Crippen LogP contribution in [-0.4, -0.2) is 22.2 Å². The van der Waals surface area contributed by atoms with Crippen molar-refractivity contribution in [2.45, 2.75) is 40.5 Å². The number of benzene rings is 1. The first-order valence-electron chi connectivity index (χ1n) is 9.16. The molecule has 1 heterocycles. The van der Waals surface area contributed by atoms with E-state index >= 15 is 0 Å². The average Bonchev–Trinajstić information content (AvgIpc) is 2.61. The van der Waals surface area contributed by atoms with Crippen LogP contribution in [0.25, 0.3) is 10.9 Å². The third kappa shape index (κ3) is 5.25. The summed E-state index contributed by atoms with van der Waals surface area (Å²) in [4.78, 5) is 24.1. The van der Waals surface area contributed by atoms with Crippen LogP contribution in [0.5, 0.6) is 17.2 Å². The Morgan fingerprint density at radius 1 is 1.14 bits per heavy atom. The van der Waals surface area contributed by atoms with Crippen molar-refractivity contribution in [3.63, 3.8) is 0 Å². The lowest BCUT2D eigenvalue weighted by molar-refractivity contribution is -0.132. The molecule has 0 aliphatic rings. The van der Waals surface area contributed by atoms with Crippen LogP contribution >= 0.6 is 0 Å². The number of pyridine rings is 1. The Hall–Kier alpha value is -3.02. The molecule has 0 saturated carbocycles. The zero-order valence-electron chi connectivity index (χ0n) is 17.0. The fourth-order valence-corrected chi connectivity index (χ4v) is 2.81. The monoisotopic (exact) mass is 385 g/mol. The number of carbonyl (C=O) groups is 1. The number of hydrogen-bond acceptors (Lipinski definition) is 5. The molecule has 0 aliphatic carbocycles. The van der Waals surface area contributed by atoms with E-state index in [2.05, 4.69) is 19.9 Å². The number of carbonyl (C=O) groups excluding carboxylic acids is 1. The summed E-state index contributed by atoms with van der Waals surface area (Å²) in [6, 6.07) is 4.61. The van der Waals surface area contributed by atoms with Crippen LogP contribution in [0.3, 0.4) is 0 Å². The summed E-state index contributed by atoms with van der Waals surface area (Å²) >= 11 is 0. The van der Waals surface area contributed by atoms with Gasteiger partial charge in [-0.3, -0.25) is 9.59 Å². The van der Waals surface area contributed by atoms with E-state index in [0.29, 0.717) is 10.9 Å². The van der Waals surface area contributed by atoms with Crippen LogP contribution in [0.2, 0.25) is 0 Å². The Bertz CT molecular complexity index is 994. The molecular formula is C22H27NO5. The van der Waals surface area contributed by atoms with Gasteiger partial charge in [0.05, 0.1) is 5.52 Å². The standard InChI is InChI=1S/C22H27NO5/c1-14(2)7-6-8-15(3)11-12-27-20-18-10-9-17(25)13-19(18)23(5)22(26)21(20)28-16(4)24/h7,9-11,13,25H,6,8,12H2,1-5H3/b15-11+. The molecule has 1 aromatic heterocycles. The van der Waals surface area contributed by atoms with Gasteiger partial charge in [0.25, 0.3) is 5.56 Å². The largest absolute Gasteiger partial charge is 0.508 e. The number of phenols is 1. The molecule has 1 N–H and O–H groups in total. The number of rotatable bonds is 7. The summed E-state index contributed by atoms with van der Waals surface area (Å²) in [5.41, 5.74) is 2.43. The Balaban J connectivity index is 2.38. The van der Waals surface area contributed by atoms with Crippen molar-refractivity contribution >= 4 is 16.9 Å². The first kappa shape index (κ1) is 21.3. The van der Waals surface area contributed by atoms with Gasteiger partial charge in [0.1, 0.15) is 12.4 Å². The molecule has 28 heavy (non-hydrogen) atoms. The summed E-state index contributed by atoms with van der Waals surface area (Å²) in [6.45, 7) is 7.62. The maximum absolute atomic E-state index is 12.7. The number of hydrogen-bond donors (Lipinski definition) is 1. The van der Waals surface area contributed by atoms with Gasteiger partial charge in [-0.25, -0.2) is 0 Å².